The highest BCUT2D eigenvalue weighted by Gasteiger charge is 2.20. The summed E-state index contributed by atoms with van der Waals surface area (Å²) in [7, 11) is 0. The molecule has 1 aromatic heterocycles. The predicted octanol–water partition coefficient (Wildman–Crippen LogP) is 3.44. The highest BCUT2D eigenvalue weighted by Crippen LogP contribution is 2.30. The van der Waals surface area contributed by atoms with Crippen LogP contribution in [0.25, 0.3) is 11.4 Å². The van der Waals surface area contributed by atoms with E-state index in [2.05, 4.69) is 15.2 Å². The largest absolute Gasteiger partial charge is 0.321 e. The van der Waals surface area contributed by atoms with Crippen molar-refractivity contribution in [1.29, 1.82) is 0 Å². The van der Waals surface area contributed by atoms with Crippen LogP contribution in [0.1, 0.15) is 50.4 Å². The van der Waals surface area contributed by atoms with Gasteiger partial charge in [-0.15, -0.1) is 0 Å². The SMILES string of the molecule is NC(CC1CCCCC1)c1nc(-c2ccccc2)n[nH]1. The first-order chi connectivity index (χ1) is 9.83. The lowest BCUT2D eigenvalue weighted by Gasteiger charge is -2.23. The second-order valence-corrected chi connectivity index (χ2v) is 5.76. The molecule has 1 aliphatic rings. The van der Waals surface area contributed by atoms with Gasteiger partial charge in [0.25, 0.3) is 0 Å². The van der Waals surface area contributed by atoms with Gasteiger partial charge in [0.05, 0.1) is 6.04 Å². The van der Waals surface area contributed by atoms with Gasteiger partial charge in [-0.25, -0.2) is 4.98 Å². The van der Waals surface area contributed by atoms with Gasteiger partial charge < -0.3 is 5.73 Å². The van der Waals surface area contributed by atoms with Gasteiger partial charge >= 0.3 is 0 Å². The average molecular weight is 270 g/mol. The van der Waals surface area contributed by atoms with Crippen molar-refractivity contribution >= 4 is 0 Å². The highest BCUT2D eigenvalue weighted by molar-refractivity contribution is 5.53. The van der Waals surface area contributed by atoms with E-state index in [-0.39, 0.29) is 6.04 Å². The number of hydrogen-bond donors (Lipinski definition) is 2. The number of nitrogens with zero attached hydrogens (tertiary/aromatic N) is 2. The van der Waals surface area contributed by atoms with Crippen LogP contribution in [0.3, 0.4) is 0 Å². The summed E-state index contributed by atoms with van der Waals surface area (Å²) in [5, 5.41) is 7.29. The summed E-state index contributed by atoms with van der Waals surface area (Å²) in [4.78, 5) is 4.55. The zero-order valence-corrected chi connectivity index (χ0v) is 11.8. The highest BCUT2D eigenvalue weighted by atomic mass is 15.2. The summed E-state index contributed by atoms with van der Waals surface area (Å²) in [5.74, 6) is 2.30. The number of aromatic nitrogens is 3. The summed E-state index contributed by atoms with van der Waals surface area (Å²) < 4.78 is 0. The summed E-state index contributed by atoms with van der Waals surface area (Å²) in [6.45, 7) is 0. The van der Waals surface area contributed by atoms with E-state index in [1.54, 1.807) is 0 Å². The van der Waals surface area contributed by atoms with Crippen LogP contribution in [-0.4, -0.2) is 15.2 Å². The third-order valence-corrected chi connectivity index (χ3v) is 4.20. The standard InChI is InChI=1S/C16H22N4/c17-14(11-12-7-3-1-4-8-12)16-18-15(19-20-16)13-9-5-2-6-10-13/h2,5-6,9-10,12,14H,1,3-4,7-8,11,17H2,(H,18,19,20). The summed E-state index contributed by atoms with van der Waals surface area (Å²) in [6.07, 6.45) is 7.72. The van der Waals surface area contributed by atoms with Crippen LogP contribution in [0.5, 0.6) is 0 Å². The number of hydrogen-bond acceptors (Lipinski definition) is 3. The van der Waals surface area contributed by atoms with Gasteiger partial charge in [0.1, 0.15) is 5.82 Å². The molecule has 0 radical (unpaired) electrons. The van der Waals surface area contributed by atoms with Crippen LogP contribution >= 0.6 is 0 Å². The minimum atomic E-state index is -0.0249. The molecule has 3 rings (SSSR count). The van der Waals surface area contributed by atoms with Gasteiger partial charge in [-0.2, -0.15) is 5.10 Å². The van der Waals surface area contributed by atoms with Crippen molar-refractivity contribution in [2.75, 3.05) is 0 Å². The molecule has 1 aromatic carbocycles. The fourth-order valence-electron chi connectivity index (χ4n) is 3.05. The molecule has 0 saturated heterocycles. The van der Waals surface area contributed by atoms with Gasteiger partial charge in [-0.3, -0.25) is 5.10 Å². The van der Waals surface area contributed by atoms with Gasteiger partial charge in [0.15, 0.2) is 5.82 Å². The monoisotopic (exact) mass is 270 g/mol. The molecule has 3 N–H and O–H groups in total. The van der Waals surface area contributed by atoms with Crippen LogP contribution in [0.2, 0.25) is 0 Å². The van der Waals surface area contributed by atoms with E-state index in [4.69, 9.17) is 5.73 Å². The molecule has 1 atom stereocenters. The van der Waals surface area contributed by atoms with Gasteiger partial charge in [-0.05, 0) is 12.3 Å². The Bertz CT molecular complexity index is 528. The molecule has 2 aromatic rings. The average Bonchev–Trinajstić information content (AvgIpc) is 2.99. The first-order valence-corrected chi connectivity index (χ1v) is 7.56. The zero-order valence-electron chi connectivity index (χ0n) is 11.8. The smallest absolute Gasteiger partial charge is 0.181 e. The van der Waals surface area contributed by atoms with Crippen molar-refractivity contribution in [3.05, 3.63) is 36.2 Å². The third-order valence-electron chi connectivity index (χ3n) is 4.20. The molecular formula is C16H22N4. The van der Waals surface area contributed by atoms with Gasteiger partial charge in [-0.1, -0.05) is 62.4 Å². The van der Waals surface area contributed by atoms with Crippen LogP contribution < -0.4 is 5.73 Å². The molecule has 1 aliphatic carbocycles. The quantitative estimate of drug-likeness (QED) is 0.894. The lowest BCUT2D eigenvalue weighted by atomic mass is 9.85. The van der Waals surface area contributed by atoms with Gasteiger partial charge in [0, 0.05) is 5.56 Å². The fraction of sp³-hybridized carbons (Fsp3) is 0.500. The van der Waals surface area contributed by atoms with E-state index in [1.165, 1.54) is 32.1 Å². The molecule has 4 heteroatoms. The molecule has 1 heterocycles. The number of nitrogens with one attached hydrogen (secondary N) is 1. The second kappa shape index (κ2) is 6.18. The maximum absolute atomic E-state index is 6.28. The van der Waals surface area contributed by atoms with Crippen LogP contribution in [0.4, 0.5) is 0 Å². The minimum Gasteiger partial charge on any atom is -0.321 e. The molecule has 4 nitrogen and oxygen atoms in total. The predicted molar refractivity (Wildman–Crippen MR) is 79.9 cm³/mol. The maximum atomic E-state index is 6.28. The fourth-order valence-corrected chi connectivity index (χ4v) is 3.05. The molecule has 0 amide bonds. The van der Waals surface area contributed by atoms with Crippen molar-refractivity contribution in [3.63, 3.8) is 0 Å². The van der Waals surface area contributed by atoms with Crippen molar-refractivity contribution in [3.8, 4) is 11.4 Å². The van der Waals surface area contributed by atoms with E-state index >= 15 is 0 Å². The zero-order chi connectivity index (χ0) is 13.8. The van der Waals surface area contributed by atoms with Crippen molar-refractivity contribution in [1.82, 2.24) is 15.2 Å². The number of H-pyrrole nitrogens is 1. The molecule has 1 unspecified atom stereocenters. The normalized spacial score (nSPS) is 18.1. The van der Waals surface area contributed by atoms with Crippen molar-refractivity contribution < 1.29 is 0 Å². The Morgan fingerprint density at radius 2 is 1.90 bits per heavy atom. The number of benzene rings is 1. The van der Waals surface area contributed by atoms with E-state index in [0.717, 1.165) is 29.6 Å². The maximum Gasteiger partial charge on any atom is 0.181 e. The molecule has 1 fully saturated rings. The topological polar surface area (TPSA) is 67.6 Å². The summed E-state index contributed by atoms with van der Waals surface area (Å²) in [5.41, 5.74) is 7.31. The second-order valence-electron chi connectivity index (χ2n) is 5.76. The Hall–Kier alpha value is -1.68. The Balaban J connectivity index is 1.66. The minimum absolute atomic E-state index is 0.0249. The van der Waals surface area contributed by atoms with E-state index < -0.39 is 0 Å². The van der Waals surface area contributed by atoms with Crippen LogP contribution in [0.15, 0.2) is 30.3 Å². The molecule has 0 bridgehead atoms. The Morgan fingerprint density at radius 3 is 2.65 bits per heavy atom. The Morgan fingerprint density at radius 1 is 1.15 bits per heavy atom. The summed E-state index contributed by atoms with van der Waals surface area (Å²) >= 11 is 0. The Kier molecular flexibility index (Phi) is 4.11. The number of aromatic amines is 1. The molecule has 20 heavy (non-hydrogen) atoms. The van der Waals surface area contributed by atoms with E-state index in [0.29, 0.717) is 0 Å². The lowest BCUT2D eigenvalue weighted by molar-refractivity contribution is 0.316. The van der Waals surface area contributed by atoms with Crippen LogP contribution in [-0.2, 0) is 0 Å². The van der Waals surface area contributed by atoms with Crippen molar-refractivity contribution in [2.45, 2.75) is 44.6 Å². The molecular weight excluding hydrogens is 248 g/mol. The molecule has 1 saturated carbocycles. The first kappa shape index (κ1) is 13.3. The van der Waals surface area contributed by atoms with E-state index in [9.17, 15) is 0 Å². The number of rotatable bonds is 4. The lowest BCUT2D eigenvalue weighted by Crippen LogP contribution is -2.18. The molecule has 0 spiro atoms. The van der Waals surface area contributed by atoms with E-state index in [1.807, 2.05) is 30.3 Å². The number of nitrogens with two attached hydrogens (primary N) is 1. The van der Waals surface area contributed by atoms with Crippen LogP contribution in [0, 0.1) is 5.92 Å². The Labute approximate surface area is 119 Å². The molecule has 106 valence electrons. The summed E-state index contributed by atoms with van der Waals surface area (Å²) in [6, 6.07) is 9.98. The third kappa shape index (κ3) is 3.07. The first-order valence-electron chi connectivity index (χ1n) is 7.56. The van der Waals surface area contributed by atoms with Crippen molar-refractivity contribution in [2.24, 2.45) is 11.7 Å². The van der Waals surface area contributed by atoms with Gasteiger partial charge in [0.2, 0.25) is 0 Å². The molecule has 0 aliphatic heterocycles.